The monoisotopic (exact) mass is 435 g/mol. The Bertz CT molecular complexity index is 1080. The molecule has 1 aliphatic rings. The van der Waals surface area contributed by atoms with E-state index >= 15 is 0 Å². The van der Waals surface area contributed by atoms with Crippen molar-refractivity contribution < 1.29 is 4.74 Å². The van der Waals surface area contributed by atoms with Crippen LogP contribution < -0.4 is 4.74 Å². The Kier molecular flexibility index (Phi) is 7.44. The van der Waals surface area contributed by atoms with E-state index in [-0.39, 0.29) is 18.4 Å². The molecular weight excluding hydrogens is 398 g/mol. The van der Waals surface area contributed by atoms with E-state index in [1.165, 1.54) is 26.8 Å². The lowest BCUT2D eigenvalue weighted by atomic mass is 9.85. The van der Waals surface area contributed by atoms with Crippen LogP contribution in [0.15, 0.2) is 60.6 Å². The van der Waals surface area contributed by atoms with Gasteiger partial charge in [0.1, 0.15) is 5.75 Å². The quantitative estimate of drug-likeness (QED) is 0.379. The molecule has 1 aromatic heterocycles. The van der Waals surface area contributed by atoms with Gasteiger partial charge >= 0.3 is 0 Å². The molecule has 2 aromatic carbocycles. The van der Waals surface area contributed by atoms with Gasteiger partial charge in [-0.25, -0.2) is 0 Å². The minimum Gasteiger partial charge on any atom is -0.496 e. The molecule has 0 radical (unpaired) electrons. The maximum Gasteiger partial charge on any atom is 0.123 e. The summed E-state index contributed by atoms with van der Waals surface area (Å²) in [6.07, 6.45) is 4.28. The SMILES string of the molecule is C.C=C1c2sccc2C=CN1C(C)(C)C.COc1cc2ccccc2cc1C(C)(C)C. The molecule has 0 spiro atoms. The van der Waals surface area contributed by atoms with Crippen LogP contribution in [0.25, 0.3) is 22.5 Å². The highest BCUT2D eigenvalue weighted by atomic mass is 32.1. The topological polar surface area (TPSA) is 12.5 Å². The molecule has 31 heavy (non-hydrogen) atoms. The molecule has 0 fully saturated rings. The molecule has 0 saturated heterocycles. The fourth-order valence-corrected chi connectivity index (χ4v) is 4.50. The number of thiophene rings is 1. The van der Waals surface area contributed by atoms with Gasteiger partial charge in [0, 0.05) is 17.3 Å². The zero-order chi connectivity index (χ0) is 22.1. The second kappa shape index (κ2) is 9.32. The van der Waals surface area contributed by atoms with Crippen LogP contribution in [0.3, 0.4) is 0 Å². The maximum atomic E-state index is 5.48. The van der Waals surface area contributed by atoms with Crippen molar-refractivity contribution in [3.63, 3.8) is 0 Å². The predicted octanol–water partition coefficient (Wildman–Crippen LogP) is 8.59. The minimum absolute atomic E-state index is 0. The average Bonchev–Trinajstić information content (AvgIpc) is 3.16. The Labute approximate surface area is 192 Å². The van der Waals surface area contributed by atoms with Crippen LogP contribution in [-0.4, -0.2) is 17.5 Å². The van der Waals surface area contributed by atoms with E-state index in [2.05, 4.69) is 113 Å². The molecule has 4 rings (SSSR count). The first kappa shape index (κ1) is 24.7. The zero-order valence-corrected chi connectivity index (χ0v) is 20.1. The summed E-state index contributed by atoms with van der Waals surface area (Å²) in [5.41, 5.74) is 3.88. The third-order valence-corrected chi connectivity index (χ3v) is 6.23. The lowest BCUT2D eigenvalue weighted by molar-refractivity contribution is 0.297. The van der Waals surface area contributed by atoms with Gasteiger partial charge in [-0.1, -0.05) is 59.0 Å². The van der Waals surface area contributed by atoms with Crippen molar-refractivity contribution >= 4 is 33.9 Å². The van der Waals surface area contributed by atoms with Crippen molar-refractivity contribution in [3.8, 4) is 5.75 Å². The first-order chi connectivity index (χ1) is 14.0. The Balaban J connectivity index is 0.000000215. The van der Waals surface area contributed by atoms with Gasteiger partial charge in [-0.05, 0) is 72.2 Å². The van der Waals surface area contributed by atoms with E-state index in [1.807, 2.05) is 0 Å². The molecule has 3 heteroatoms. The molecule has 1 aliphatic heterocycles. The normalized spacial score (nSPS) is 13.3. The Hall–Kier alpha value is -2.52. The number of rotatable bonds is 1. The lowest BCUT2D eigenvalue weighted by Crippen LogP contribution is -2.36. The summed E-state index contributed by atoms with van der Waals surface area (Å²) < 4.78 is 5.48. The number of hydrogen-bond acceptors (Lipinski definition) is 3. The van der Waals surface area contributed by atoms with Crippen molar-refractivity contribution in [3.05, 3.63) is 76.6 Å². The summed E-state index contributed by atoms with van der Waals surface area (Å²) in [6.45, 7) is 17.4. The Morgan fingerprint density at radius 3 is 2.10 bits per heavy atom. The van der Waals surface area contributed by atoms with E-state index in [0.29, 0.717) is 0 Å². The molecule has 2 nitrogen and oxygen atoms in total. The van der Waals surface area contributed by atoms with Crippen molar-refractivity contribution in [2.45, 2.75) is 59.9 Å². The molecule has 0 atom stereocenters. The van der Waals surface area contributed by atoms with E-state index < -0.39 is 0 Å². The third-order valence-electron chi connectivity index (χ3n) is 5.25. The van der Waals surface area contributed by atoms with Crippen LogP contribution in [0.5, 0.6) is 5.75 Å². The number of benzene rings is 2. The zero-order valence-electron chi connectivity index (χ0n) is 19.2. The lowest BCUT2D eigenvalue weighted by Gasteiger charge is -2.37. The highest BCUT2D eigenvalue weighted by Crippen LogP contribution is 2.36. The van der Waals surface area contributed by atoms with Crippen molar-refractivity contribution in [1.82, 2.24) is 4.90 Å². The molecule has 0 N–H and O–H groups in total. The maximum absolute atomic E-state index is 5.48. The molecule has 0 bridgehead atoms. The second-order valence-corrected chi connectivity index (χ2v) is 10.6. The van der Waals surface area contributed by atoms with Crippen LogP contribution in [0.4, 0.5) is 0 Å². The van der Waals surface area contributed by atoms with Gasteiger partial charge in [0.05, 0.1) is 17.7 Å². The number of methoxy groups -OCH3 is 1. The molecular formula is C28H37NOS. The van der Waals surface area contributed by atoms with Crippen molar-refractivity contribution in [1.29, 1.82) is 0 Å². The number of nitrogens with zero attached hydrogens (tertiary/aromatic N) is 1. The Morgan fingerprint density at radius 2 is 1.55 bits per heavy atom. The average molecular weight is 436 g/mol. The van der Waals surface area contributed by atoms with Gasteiger partial charge in [0.25, 0.3) is 0 Å². The van der Waals surface area contributed by atoms with Gasteiger partial charge < -0.3 is 9.64 Å². The van der Waals surface area contributed by atoms with E-state index in [0.717, 1.165) is 11.4 Å². The first-order valence-corrected chi connectivity index (χ1v) is 11.2. The van der Waals surface area contributed by atoms with Crippen LogP contribution in [-0.2, 0) is 5.41 Å². The van der Waals surface area contributed by atoms with Crippen molar-refractivity contribution in [2.24, 2.45) is 0 Å². The van der Waals surface area contributed by atoms with Crippen LogP contribution in [0.2, 0.25) is 0 Å². The largest absolute Gasteiger partial charge is 0.496 e. The highest BCUT2D eigenvalue weighted by Gasteiger charge is 2.25. The van der Waals surface area contributed by atoms with E-state index in [9.17, 15) is 0 Å². The fraction of sp³-hybridized carbons (Fsp3) is 0.357. The van der Waals surface area contributed by atoms with Gasteiger partial charge in [-0.3, -0.25) is 0 Å². The van der Waals surface area contributed by atoms with E-state index in [4.69, 9.17) is 4.74 Å². The van der Waals surface area contributed by atoms with Crippen LogP contribution in [0, 0.1) is 0 Å². The molecule has 3 aromatic rings. The van der Waals surface area contributed by atoms with Gasteiger partial charge in [0.2, 0.25) is 0 Å². The molecule has 0 amide bonds. The smallest absolute Gasteiger partial charge is 0.123 e. The fourth-order valence-electron chi connectivity index (χ4n) is 3.64. The first-order valence-electron chi connectivity index (χ1n) is 10.3. The summed E-state index contributed by atoms with van der Waals surface area (Å²) in [7, 11) is 1.74. The highest BCUT2D eigenvalue weighted by molar-refractivity contribution is 7.11. The third kappa shape index (κ3) is 5.40. The molecule has 0 unspecified atom stereocenters. The Morgan fingerprint density at radius 1 is 0.935 bits per heavy atom. The summed E-state index contributed by atoms with van der Waals surface area (Å²) in [6, 6.07) is 14.9. The van der Waals surface area contributed by atoms with Crippen LogP contribution in [0.1, 0.15) is 65.0 Å². The molecule has 166 valence electrons. The van der Waals surface area contributed by atoms with Gasteiger partial charge in [0.15, 0.2) is 0 Å². The summed E-state index contributed by atoms with van der Waals surface area (Å²) in [5, 5.41) is 4.62. The number of hydrogen-bond donors (Lipinski definition) is 0. The van der Waals surface area contributed by atoms with E-state index in [1.54, 1.807) is 18.4 Å². The minimum atomic E-state index is 0. The summed E-state index contributed by atoms with van der Waals surface area (Å²) in [4.78, 5) is 3.52. The van der Waals surface area contributed by atoms with Gasteiger partial charge in [-0.2, -0.15) is 0 Å². The summed E-state index contributed by atoms with van der Waals surface area (Å²) in [5.74, 6) is 0.978. The molecule has 2 heterocycles. The summed E-state index contributed by atoms with van der Waals surface area (Å²) >= 11 is 1.76. The number of ether oxygens (including phenoxy) is 1. The number of fused-ring (bicyclic) bond motifs is 2. The molecule has 0 saturated carbocycles. The standard InChI is InChI=1S/C15H18O.C12H15NS.CH4/c1-15(2,3)13-9-11-7-5-6-8-12(11)10-14(13)16-4;1-9-11-10(6-8-14-11)5-7-13(9)12(2,3)4;/h5-10H,1-4H3;5-8H,1H2,2-4H3;1H4. The predicted molar refractivity (Wildman–Crippen MR) is 140 cm³/mol. The molecule has 0 aliphatic carbocycles. The second-order valence-electron chi connectivity index (χ2n) is 9.66. The van der Waals surface area contributed by atoms with Gasteiger partial charge in [-0.15, -0.1) is 11.3 Å². The van der Waals surface area contributed by atoms with Crippen LogP contribution >= 0.6 is 11.3 Å². The van der Waals surface area contributed by atoms with Crippen molar-refractivity contribution in [2.75, 3.05) is 7.11 Å².